The lowest BCUT2D eigenvalue weighted by atomic mass is 10.2. The Hall–Kier alpha value is -3.02. The number of nitro benzene ring substituents is 1. The van der Waals surface area contributed by atoms with Gasteiger partial charge in [0, 0.05) is 17.1 Å². The first kappa shape index (κ1) is 12.0. The maximum atomic E-state index is 10.8. The fraction of sp³-hybridized carbons (Fsp3) is 0. The SMILES string of the molecule is O=[N+]([O-])c1cc(Oc2cccc3[nH]ccc23)ccc1O. The van der Waals surface area contributed by atoms with Crippen LogP contribution in [0.4, 0.5) is 5.69 Å². The van der Waals surface area contributed by atoms with Gasteiger partial charge in [-0.05, 0) is 30.3 Å². The van der Waals surface area contributed by atoms with Gasteiger partial charge in [0.1, 0.15) is 11.5 Å². The van der Waals surface area contributed by atoms with Gasteiger partial charge in [0.2, 0.25) is 0 Å². The molecule has 0 amide bonds. The van der Waals surface area contributed by atoms with Crippen molar-refractivity contribution in [3.05, 3.63) is 58.8 Å². The minimum Gasteiger partial charge on any atom is -0.502 e. The largest absolute Gasteiger partial charge is 0.502 e. The fourth-order valence-electron chi connectivity index (χ4n) is 1.99. The van der Waals surface area contributed by atoms with Gasteiger partial charge >= 0.3 is 5.69 Å². The van der Waals surface area contributed by atoms with Gasteiger partial charge in [0.05, 0.1) is 11.0 Å². The minimum absolute atomic E-state index is 0.295. The van der Waals surface area contributed by atoms with E-state index < -0.39 is 4.92 Å². The summed E-state index contributed by atoms with van der Waals surface area (Å²) in [6.45, 7) is 0. The summed E-state index contributed by atoms with van der Waals surface area (Å²) in [6.07, 6.45) is 1.79. The van der Waals surface area contributed by atoms with Crippen molar-refractivity contribution in [2.24, 2.45) is 0 Å². The van der Waals surface area contributed by atoms with Crippen molar-refractivity contribution in [1.29, 1.82) is 0 Å². The third kappa shape index (κ3) is 2.03. The summed E-state index contributed by atoms with van der Waals surface area (Å²) in [4.78, 5) is 13.2. The summed E-state index contributed by atoms with van der Waals surface area (Å²) in [7, 11) is 0. The van der Waals surface area contributed by atoms with Gasteiger partial charge in [0.15, 0.2) is 5.75 Å². The number of ether oxygens (including phenoxy) is 1. The zero-order chi connectivity index (χ0) is 14.1. The van der Waals surface area contributed by atoms with Gasteiger partial charge in [-0.15, -0.1) is 0 Å². The van der Waals surface area contributed by atoms with Crippen molar-refractivity contribution in [1.82, 2.24) is 4.98 Å². The Balaban J connectivity index is 2.01. The maximum absolute atomic E-state index is 10.8. The number of aromatic hydroxyl groups is 1. The minimum atomic E-state index is -0.654. The van der Waals surface area contributed by atoms with Crippen LogP contribution in [-0.2, 0) is 0 Å². The van der Waals surface area contributed by atoms with Gasteiger partial charge in [-0.25, -0.2) is 0 Å². The molecule has 6 heteroatoms. The number of aromatic amines is 1. The molecule has 0 bridgehead atoms. The number of nitro groups is 1. The molecule has 0 atom stereocenters. The van der Waals surface area contributed by atoms with Gasteiger partial charge < -0.3 is 14.8 Å². The van der Waals surface area contributed by atoms with E-state index in [1.807, 2.05) is 18.2 Å². The van der Waals surface area contributed by atoms with Crippen LogP contribution in [0.1, 0.15) is 0 Å². The smallest absolute Gasteiger partial charge is 0.314 e. The van der Waals surface area contributed by atoms with E-state index in [1.54, 1.807) is 12.3 Å². The van der Waals surface area contributed by atoms with E-state index in [-0.39, 0.29) is 11.4 Å². The number of hydrogen-bond donors (Lipinski definition) is 2. The molecule has 1 aromatic heterocycles. The molecule has 0 aliphatic rings. The fourth-order valence-corrected chi connectivity index (χ4v) is 1.99. The van der Waals surface area contributed by atoms with Crippen molar-refractivity contribution >= 4 is 16.6 Å². The summed E-state index contributed by atoms with van der Waals surface area (Å²) < 4.78 is 5.66. The van der Waals surface area contributed by atoms with Crippen LogP contribution in [0.5, 0.6) is 17.2 Å². The Morgan fingerprint density at radius 1 is 1.20 bits per heavy atom. The van der Waals surface area contributed by atoms with Gasteiger partial charge in [-0.2, -0.15) is 0 Å². The van der Waals surface area contributed by atoms with Crippen molar-refractivity contribution in [2.75, 3.05) is 0 Å². The van der Waals surface area contributed by atoms with Crippen LogP contribution in [0, 0.1) is 10.1 Å². The highest BCUT2D eigenvalue weighted by atomic mass is 16.6. The normalized spacial score (nSPS) is 10.6. The van der Waals surface area contributed by atoms with E-state index in [0.717, 1.165) is 10.9 Å². The van der Waals surface area contributed by atoms with Crippen molar-refractivity contribution in [3.8, 4) is 17.2 Å². The van der Waals surface area contributed by atoms with Crippen molar-refractivity contribution < 1.29 is 14.8 Å². The number of H-pyrrole nitrogens is 1. The number of nitrogens with zero attached hydrogens (tertiary/aromatic N) is 1. The van der Waals surface area contributed by atoms with Crippen LogP contribution in [0.2, 0.25) is 0 Å². The lowest BCUT2D eigenvalue weighted by molar-refractivity contribution is -0.385. The second-order valence-electron chi connectivity index (χ2n) is 4.20. The number of hydrogen-bond acceptors (Lipinski definition) is 4. The molecule has 0 radical (unpaired) electrons. The van der Waals surface area contributed by atoms with Crippen LogP contribution in [0.25, 0.3) is 10.9 Å². The standard InChI is InChI=1S/C14H10N2O4/c17-13-5-4-9(8-12(13)16(18)19)20-14-3-1-2-11-10(14)6-7-15-11/h1-8,15,17H. The summed E-state index contributed by atoms with van der Waals surface area (Å²) in [5, 5.41) is 21.1. The number of phenols is 1. The monoisotopic (exact) mass is 270 g/mol. The average molecular weight is 270 g/mol. The first-order valence-electron chi connectivity index (χ1n) is 5.86. The average Bonchev–Trinajstić information content (AvgIpc) is 2.90. The lowest BCUT2D eigenvalue weighted by Crippen LogP contribution is -1.90. The lowest BCUT2D eigenvalue weighted by Gasteiger charge is -2.07. The Morgan fingerprint density at radius 3 is 2.85 bits per heavy atom. The number of benzene rings is 2. The predicted molar refractivity (Wildman–Crippen MR) is 73.1 cm³/mol. The third-order valence-electron chi connectivity index (χ3n) is 2.93. The highest BCUT2D eigenvalue weighted by Crippen LogP contribution is 2.34. The highest BCUT2D eigenvalue weighted by Gasteiger charge is 2.15. The van der Waals surface area contributed by atoms with E-state index in [9.17, 15) is 15.2 Å². The molecule has 2 aromatic carbocycles. The molecule has 100 valence electrons. The molecule has 6 nitrogen and oxygen atoms in total. The van der Waals surface area contributed by atoms with E-state index in [1.165, 1.54) is 18.2 Å². The molecular formula is C14H10N2O4. The molecule has 0 spiro atoms. The second kappa shape index (κ2) is 4.58. The Morgan fingerprint density at radius 2 is 2.05 bits per heavy atom. The summed E-state index contributed by atoms with van der Waals surface area (Å²) >= 11 is 0. The van der Waals surface area contributed by atoms with Crippen LogP contribution in [0.3, 0.4) is 0 Å². The zero-order valence-corrected chi connectivity index (χ0v) is 10.2. The number of nitrogens with one attached hydrogen (secondary N) is 1. The Labute approximate surface area is 113 Å². The summed E-state index contributed by atoms with van der Waals surface area (Å²) in [5.74, 6) is 0.495. The van der Waals surface area contributed by atoms with E-state index >= 15 is 0 Å². The van der Waals surface area contributed by atoms with Gasteiger partial charge in [-0.3, -0.25) is 10.1 Å². The molecule has 0 fully saturated rings. The van der Waals surface area contributed by atoms with Crippen molar-refractivity contribution in [2.45, 2.75) is 0 Å². The highest BCUT2D eigenvalue weighted by molar-refractivity contribution is 5.86. The first-order chi connectivity index (χ1) is 9.65. The molecule has 1 heterocycles. The molecule has 2 N–H and O–H groups in total. The molecule has 0 saturated heterocycles. The summed E-state index contributed by atoms with van der Waals surface area (Å²) in [5.41, 5.74) is 0.527. The van der Waals surface area contributed by atoms with E-state index in [4.69, 9.17) is 4.74 Å². The quantitative estimate of drug-likeness (QED) is 0.562. The van der Waals surface area contributed by atoms with Crippen LogP contribution >= 0.6 is 0 Å². The Bertz CT molecular complexity index is 795. The van der Waals surface area contributed by atoms with Crippen LogP contribution in [0.15, 0.2) is 48.7 Å². The molecule has 3 rings (SSSR count). The van der Waals surface area contributed by atoms with E-state index in [0.29, 0.717) is 11.5 Å². The molecule has 20 heavy (non-hydrogen) atoms. The molecule has 0 aliphatic carbocycles. The number of aromatic nitrogens is 1. The van der Waals surface area contributed by atoms with Gasteiger partial charge in [-0.1, -0.05) is 6.07 Å². The number of phenolic OH excluding ortho intramolecular Hbond substituents is 1. The van der Waals surface area contributed by atoms with Crippen molar-refractivity contribution in [3.63, 3.8) is 0 Å². The molecular weight excluding hydrogens is 260 g/mol. The zero-order valence-electron chi connectivity index (χ0n) is 10.2. The maximum Gasteiger partial charge on any atom is 0.314 e. The molecule has 3 aromatic rings. The summed E-state index contributed by atoms with van der Waals surface area (Å²) in [6, 6.07) is 11.3. The van der Waals surface area contributed by atoms with Gasteiger partial charge in [0.25, 0.3) is 0 Å². The third-order valence-corrected chi connectivity index (χ3v) is 2.93. The number of fused-ring (bicyclic) bond motifs is 1. The number of rotatable bonds is 3. The molecule has 0 saturated carbocycles. The first-order valence-corrected chi connectivity index (χ1v) is 5.86. The predicted octanol–water partition coefficient (Wildman–Crippen LogP) is 3.57. The van der Waals surface area contributed by atoms with E-state index in [2.05, 4.69) is 4.98 Å². The molecule has 0 unspecified atom stereocenters. The second-order valence-corrected chi connectivity index (χ2v) is 4.20. The van der Waals surface area contributed by atoms with Crippen LogP contribution < -0.4 is 4.74 Å². The Kier molecular flexibility index (Phi) is 2.76. The molecule has 0 aliphatic heterocycles. The topological polar surface area (TPSA) is 88.4 Å². The van der Waals surface area contributed by atoms with Crippen LogP contribution in [-0.4, -0.2) is 15.0 Å².